The van der Waals surface area contributed by atoms with Crippen molar-refractivity contribution in [3.63, 3.8) is 0 Å². The van der Waals surface area contributed by atoms with Gasteiger partial charge in [0.25, 0.3) is 0 Å². The molecule has 0 bridgehead atoms. The van der Waals surface area contributed by atoms with Crippen LogP contribution in [0.2, 0.25) is 0 Å². The van der Waals surface area contributed by atoms with E-state index >= 15 is 0 Å². The fourth-order valence-electron chi connectivity index (χ4n) is 1.57. The van der Waals surface area contributed by atoms with Crippen molar-refractivity contribution in [1.29, 1.82) is 0 Å². The number of alkyl halides is 1. The minimum Gasteiger partial charge on any atom is -0.299 e. The Bertz CT molecular complexity index is 349. The molecule has 0 atom stereocenters. The molecule has 0 aliphatic rings. The summed E-state index contributed by atoms with van der Waals surface area (Å²) in [5, 5.41) is 0.911. The molecule has 0 saturated carbocycles. The lowest BCUT2D eigenvalue weighted by atomic mass is 9.84. The molecule has 1 heterocycles. The lowest BCUT2D eigenvalue weighted by molar-refractivity contribution is 0.254. The van der Waals surface area contributed by atoms with Gasteiger partial charge in [0.15, 0.2) is 0 Å². The van der Waals surface area contributed by atoms with Crippen LogP contribution in [0.15, 0.2) is 23.3 Å². The number of nitrogens with zero attached hydrogens (tertiary/aromatic N) is 2. The maximum absolute atomic E-state index is 11.5. The van der Waals surface area contributed by atoms with Crippen LogP contribution in [-0.2, 0) is 6.54 Å². The standard InChI is InChI=1S/C11H17BrN2O/c1-3-11(4-2,8-12)9-14-7-5-6-13-10(14)15/h5-7H,3-4,8-9H2,1-2H3. The predicted molar refractivity (Wildman–Crippen MR) is 65.3 cm³/mol. The number of hydrogen-bond donors (Lipinski definition) is 0. The monoisotopic (exact) mass is 272 g/mol. The van der Waals surface area contributed by atoms with Gasteiger partial charge in [-0.1, -0.05) is 29.8 Å². The van der Waals surface area contributed by atoms with Gasteiger partial charge in [0.1, 0.15) is 0 Å². The van der Waals surface area contributed by atoms with Gasteiger partial charge < -0.3 is 0 Å². The van der Waals surface area contributed by atoms with Crippen LogP contribution in [0.1, 0.15) is 26.7 Å². The van der Waals surface area contributed by atoms with Crippen molar-refractivity contribution in [2.45, 2.75) is 33.2 Å². The van der Waals surface area contributed by atoms with E-state index < -0.39 is 0 Å². The molecule has 0 unspecified atom stereocenters. The lowest BCUT2D eigenvalue weighted by Crippen LogP contribution is -2.33. The van der Waals surface area contributed by atoms with Crippen LogP contribution in [0.4, 0.5) is 0 Å². The van der Waals surface area contributed by atoms with Gasteiger partial charge in [0.05, 0.1) is 0 Å². The van der Waals surface area contributed by atoms with E-state index in [2.05, 4.69) is 34.8 Å². The Kier molecular flexibility index (Phi) is 4.51. The Morgan fingerprint density at radius 1 is 1.47 bits per heavy atom. The lowest BCUT2D eigenvalue weighted by Gasteiger charge is -2.29. The quantitative estimate of drug-likeness (QED) is 0.772. The molecule has 1 rings (SSSR count). The molecule has 0 fully saturated rings. The van der Waals surface area contributed by atoms with Crippen LogP contribution in [0.25, 0.3) is 0 Å². The van der Waals surface area contributed by atoms with Crippen LogP contribution < -0.4 is 5.69 Å². The first kappa shape index (κ1) is 12.4. The van der Waals surface area contributed by atoms with Gasteiger partial charge in [-0.25, -0.2) is 9.78 Å². The van der Waals surface area contributed by atoms with Gasteiger partial charge in [0, 0.05) is 24.3 Å². The number of hydrogen-bond acceptors (Lipinski definition) is 2. The summed E-state index contributed by atoms with van der Waals surface area (Å²) in [4.78, 5) is 15.2. The van der Waals surface area contributed by atoms with Crippen molar-refractivity contribution in [1.82, 2.24) is 9.55 Å². The SMILES string of the molecule is CCC(CC)(CBr)Cn1cccnc1=O. The Labute approximate surface area is 98.7 Å². The Balaban J connectivity index is 2.93. The van der Waals surface area contributed by atoms with Crippen LogP contribution in [0, 0.1) is 5.41 Å². The normalized spacial score (nSPS) is 11.7. The zero-order valence-electron chi connectivity index (χ0n) is 9.24. The fourth-order valence-corrected chi connectivity index (χ4v) is 2.54. The zero-order chi connectivity index (χ0) is 11.3. The molecule has 1 aromatic rings. The van der Waals surface area contributed by atoms with Crippen molar-refractivity contribution < 1.29 is 0 Å². The summed E-state index contributed by atoms with van der Waals surface area (Å²) in [5.74, 6) is 0. The van der Waals surface area contributed by atoms with E-state index in [0.29, 0.717) is 0 Å². The molecule has 0 spiro atoms. The predicted octanol–water partition coefficient (Wildman–Crippen LogP) is 2.44. The largest absolute Gasteiger partial charge is 0.347 e. The fraction of sp³-hybridized carbons (Fsp3) is 0.636. The highest BCUT2D eigenvalue weighted by Gasteiger charge is 2.25. The molecule has 0 radical (unpaired) electrons. The second-order valence-electron chi connectivity index (χ2n) is 3.87. The molecule has 4 heteroatoms. The van der Waals surface area contributed by atoms with Crippen molar-refractivity contribution in [3.8, 4) is 0 Å². The first-order valence-corrected chi connectivity index (χ1v) is 6.37. The van der Waals surface area contributed by atoms with Gasteiger partial charge in [0.2, 0.25) is 0 Å². The maximum atomic E-state index is 11.5. The highest BCUT2D eigenvalue weighted by molar-refractivity contribution is 9.09. The minimum absolute atomic E-state index is 0.160. The van der Waals surface area contributed by atoms with E-state index in [9.17, 15) is 4.79 Å². The summed E-state index contributed by atoms with van der Waals surface area (Å²) >= 11 is 3.54. The molecule has 15 heavy (non-hydrogen) atoms. The highest BCUT2D eigenvalue weighted by Crippen LogP contribution is 2.30. The Morgan fingerprint density at radius 3 is 2.60 bits per heavy atom. The first-order valence-electron chi connectivity index (χ1n) is 5.25. The molecular formula is C11H17BrN2O. The molecular weight excluding hydrogens is 256 g/mol. The van der Waals surface area contributed by atoms with Crippen molar-refractivity contribution >= 4 is 15.9 Å². The average molecular weight is 273 g/mol. The Hall–Kier alpha value is -0.640. The average Bonchev–Trinajstić information content (AvgIpc) is 2.29. The van der Waals surface area contributed by atoms with E-state index in [4.69, 9.17) is 0 Å². The third kappa shape index (κ3) is 2.91. The molecule has 0 aliphatic heterocycles. The molecule has 0 aromatic carbocycles. The van der Waals surface area contributed by atoms with Gasteiger partial charge in [-0.05, 0) is 24.3 Å². The summed E-state index contributed by atoms with van der Waals surface area (Å²) < 4.78 is 1.69. The first-order chi connectivity index (χ1) is 7.17. The summed E-state index contributed by atoms with van der Waals surface area (Å²) in [7, 11) is 0. The molecule has 0 aliphatic carbocycles. The summed E-state index contributed by atoms with van der Waals surface area (Å²) in [6, 6.07) is 1.80. The second kappa shape index (κ2) is 5.45. The molecule has 3 nitrogen and oxygen atoms in total. The highest BCUT2D eigenvalue weighted by atomic mass is 79.9. The molecule has 0 saturated heterocycles. The van der Waals surface area contributed by atoms with Crippen LogP contribution in [0.5, 0.6) is 0 Å². The van der Waals surface area contributed by atoms with Gasteiger partial charge >= 0.3 is 5.69 Å². The van der Waals surface area contributed by atoms with Crippen LogP contribution in [0.3, 0.4) is 0 Å². The summed E-state index contributed by atoms with van der Waals surface area (Å²) in [6.45, 7) is 5.05. The van der Waals surface area contributed by atoms with E-state index in [-0.39, 0.29) is 11.1 Å². The van der Waals surface area contributed by atoms with Gasteiger partial charge in [-0.3, -0.25) is 4.57 Å². The van der Waals surface area contributed by atoms with Crippen LogP contribution in [-0.4, -0.2) is 14.9 Å². The van der Waals surface area contributed by atoms with Crippen molar-refractivity contribution in [2.75, 3.05) is 5.33 Å². The molecule has 1 aromatic heterocycles. The molecule has 0 N–H and O–H groups in total. The number of aromatic nitrogens is 2. The third-order valence-corrected chi connectivity index (χ3v) is 4.26. The second-order valence-corrected chi connectivity index (χ2v) is 4.43. The summed E-state index contributed by atoms with van der Waals surface area (Å²) in [6.07, 6.45) is 5.44. The smallest absolute Gasteiger partial charge is 0.299 e. The van der Waals surface area contributed by atoms with E-state index in [1.165, 1.54) is 6.20 Å². The van der Waals surface area contributed by atoms with Crippen molar-refractivity contribution in [2.24, 2.45) is 5.41 Å². The number of rotatable bonds is 5. The van der Waals surface area contributed by atoms with Crippen molar-refractivity contribution in [3.05, 3.63) is 28.9 Å². The molecule has 0 amide bonds. The van der Waals surface area contributed by atoms with E-state index in [1.807, 2.05) is 0 Å². The number of halogens is 1. The van der Waals surface area contributed by atoms with Gasteiger partial charge in [-0.2, -0.15) is 0 Å². The summed E-state index contributed by atoms with van der Waals surface area (Å²) in [5.41, 5.74) is -0.00271. The van der Waals surface area contributed by atoms with Gasteiger partial charge in [-0.15, -0.1) is 0 Å². The third-order valence-electron chi connectivity index (χ3n) is 3.07. The minimum atomic E-state index is -0.162. The van der Waals surface area contributed by atoms with E-state index in [1.54, 1.807) is 16.8 Å². The maximum Gasteiger partial charge on any atom is 0.347 e. The van der Waals surface area contributed by atoms with E-state index in [0.717, 1.165) is 24.7 Å². The zero-order valence-corrected chi connectivity index (χ0v) is 10.8. The van der Waals surface area contributed by atoms with Crippen LogP contribution >= 0.6 is 15.9 Å². The molecule has 84 valence electrons. The Morgan fingerprint density at radius 2 is 2.13 bits per heavy atom. The topological polar surface area (TPSA) is 34.9 Å².